The summed E-state index contributed by atoms with van der Waals surface area (Å²) in [6.07, 6.45) is 0.463. The highest BCUT2D eigenvalue weighted by Gasteiger charge is 2.24. The molecular weight excluding hydrogens is 255 g/mol. The van der Waals surface area contributed by atoms with Gasteiger partial charge in [-0.1, -0.05) is 0 Å². The molecule has 0 aliphatic carbocycles. The lowest BCUT2D eigenvalue weighted by Gasteiger charge is -2.10. The summed E-state index contributed by atoms with van der Waals surface area (Å²) in [5.41, 5.74) is 0. The lowest BCUT2D eigenvalue weighted by atomic mass is 10.3. The highest BCUT2D eigenvalue weighted by molar-refractivity contribution is 7.10. The van der Waals surface area contributed by atoms with Crippen LogP contribution < -0.4 is 14.0 Å². The third kappa shape index (κ3) is 3.48. The van der Waals surface area contributed by atoms with Crippen molar-refractivity contribution in [1.82, 2.24) is 0 Å². The van der Waals surface area contributed by atoms with Crippen molar-refractivity contribution < 1.29 is 23.5 Å². The third-order valence-corrected chi connectivity index (χ3v) is 2.94. The molecule has 2 aliphatic heterocycles. The molecule has 3 atom stereocenters. The molecule has 0 bridgehead atoms. The fourth-order valence-electron chi connectivity index (χ4n) is 1.49. The molecule has 5 nitrogen and oxygen atoms in total. The molecule has 2 saturated heterocycles. The lowest BCUT2D eigenvalue weighted by Crippen LogP contribution is -2.06. The highest BCUT2D eigenvalue weighted by Crippen LogP contribution is 2.30. The van der Waals surface area contributed by atoms with Gasteiger partial charge in [0.2, 0.25) is 0 Å². The Morgan fingerprint density at radius 3 is 1.78 bits per heavy atom. The summed E-state index contributed by atoms with van der Waals surface area (Å²) < 4.78 is 26.5. The van der Waals surface area contributed by atoms with Crippen LogP contribution >= 0.6 is 9.47 Å². The van der Waals surface area contributed by atoms with E-state index in [2.05, 4.69) is 9.47 Å². The standard InChI is InChI=1S/C12H15O5P/c18-17-10-2-8(13-4-11-6-15-11)1-9(3-10)14-5-12-7-16-12/h1-3,11-12H,4-7,18H2. The number of hydrogen-bond acceptors (Lipinski definition) is 5. The second kappa shape index (κ2) is 5.31. The Morgan fingerprint density at radius 2 is 1.39 bits per heavy atom. The number of rotatable bonds is 7. The van der Waals surface area contributed by atoms with Crippen molar-refractivity contribution >= 4 is 9.47 Å². The van der Waals surface area contributed by atoms with Gasteiger partial charge in [0.15, 0.2) is 0 Å². The van der Waals surface area contributed by atoms with Gasteiger partial charge in [0, 0.05) is 18.2 Å². The first-order valence-electron chi connectivity index (χ1n) is 5.84. The largest absolute Gasteiger partial charge is 0.491 e. The minimum absolute atomic E-state index is 0.231. The van der Waals surface area contributed by atoms with Crippen molar-refractivity contribution in [3.8, 4) is 17.2 Å². The van der Waals surface area contributed by atoms with Gasteiger partial charge in [0.05, 0.1) is 22.7 Å². The Labute approximate surface area is 108 Å². The first kappa shape index (κ1) is 12.0. The van der Waals surface area contributed by atoms with Crippen molar-refractivity contribution in [3.63, 3.8) is 0 Å². The average molecular weight is 270 g/mol. The van der Waals surface area contributed by atoms with Gasteiger partial charge in [0.25, 0.3) is 0 Å². The molecule has 0 amide bonds. The molecule has 6 heteroatoms. The quantitative estimate of drug-likeness (QED) is 0.554. The van der Waals surface area contributed by atoms with Crippen LogP contribution in [0.1, 0.15) is 0 Å². The summed E-state index contributed by atoms with van der Waals surface area (Å²) in [4.78, 5) is 0. The van der Waals surface area contributed by atoms with E-state index in [1.165, 1.54) is 0 Å². The van der Waals surface area contributed by atoms with Crippen molar-refractivity contribution in [3.05, 3.63) is 18.2 Å². The minimum Gasteiger partial charge on any atom is -0.491 e. The van der Waals surface area contributed by atoms with Crippen molar-refractivity contribution in [2.45, 2.75) is 12.2 Å². The molecule has 2 fully saturated rings. The Balaban J connectivity index is 1.63. The predicted molar refractivity (Wildman–Crippen MR) is 67.3 cm³/mol. The second-order valence-electron chi connectivity index (χ2n) is 4.29. The molecular formula is C12H15O5P. The van der Waals surface area contributed by atoms with E-state index in [1.54, 1.807) is 0 Å². The van der Waals surface area contributed by atoms with Gasteiger partial charge in [-0.05, 0) is 0 Å². The van der Waals surface area contributed by atoms with Crippen LogP contribution in [0.15, 0.2) is 18.2 Å². The van der Waals surface area contributed by atoms with E-state index in [1.807, 2.05) is 18.2 Å². The summed E-state index contributed by atoms with van der Waals surface area (Å²) in [7, 11) is 2.21. The predicted octanol–water partition coefficient (Wildman–Crippen LogP) is 1.41. The Kier molecular flexibility index (Phi) is 3.55. The number of hydrogen-bond donors (Lipinski definition) is 0. The zero-order valence-corrected chi connectivity index (χ0v) is 11.0. The topological polar surface area (TPSA) is 52.8 Å². The fraction of sp³-hybridized carbons (Fsp3) is 0.500. The molecule has 0 N–H and O–H groups in total. The molecule has 2 heterocycles. The van der Waals surface area contributed by atoms with Gasteiger partial charge in [0.1, 0.15) is 42.7 Å². The van der Waals surface area contributed by atoms with Gasteiger partial charge in [-0.3, -0.25) is 0 Å². The molecule has 2 aliphatic rings. The summed E-state index contributed by atoms with van der Waals surface area (Å²) >= 11 is 0. The molecule has 1 aromatic rings. The first-order valence-corrected chi connectivity index (χ1v) is 6.31. The molecule has 3 rings (SSSR count). The summed E-state index contributed by atoms with van der Waals surface area (Å²) in [5.74, 6) is 2.12. The van der Waals surface area contributed by atoms with Crippen LogP contribution in [0.3, 0.4) is 0 Å². The Hall–Kier alpha value is -1.03. The van der Waals surface area contributed by atoms with Crippen LogP contribution in [0.2, 0.25) is 0 Å². The van der Waals surface area contributed by atoms with Crippen LogP contribution in [0.25, 0.3) is 0 Å². The normalized spacial score (nSPS) is 24.5. The molecule has 0 spiro atoms. The van der Waals surface area contributed by atoms with Crippen LogP contribution in [-0.4, -0.2) is 38.6 Å². The smallest absolute Gasteiger partial charge is 0.129 e. The van der Waals surface area contributed by atoms with Crippen LogP contribution in [0, 0.1) is 0 Å². The summed E-state index contributed by atoms with van der Waals surface area (Å²) in [5, 5.41) is 0. The molecule has 1 aromatic carbocycles. The summed E-state index contributed by atoms with van der Waals surface area (Å²) in [6.45, 7) is 2.68. The molecule has 98 valence electrons. The number of epoxide rings is 2. The van der Waals surface area contributed by atoms with Crippen molar-refractivity contribution in [1.29, 1.82) is 0 Å². The van der Waals surface area contributed by atoms with Gasteiger partial charge in [-0.15, -0.1) is 0 Å². The molecule has 3 unspecified atom stereocenters. The van der Waals surface area contributed by atoms with Crippen molar-refractivity contribution in [2.75, 3.05) is 26.4 Å². The second-order valence-corrected chi connectivity index (χ2v) is 4.53. The van der Waals surface area contributed by atoms with E-state index >= 15 is 0 Å². The van der Waals surface area contributed by atoms with Gasteiger partial charge >= 0.3 is 0 Å². The maximum atomic E-state index is 5.61. The zero-order valence-electron chi connectivity index (χ0n) is 9.83. The Bertz CT molecular complexity index is 383. The molecule has 0 radical (unpaired) electrons. The minimum atomic E-state index is 0.231. The van der Waals surface area contributed by atoms with Crippen molar-refractivity contribution in [2.24, 2.45) is 0 Å². The van der Waals surface area contributed by atoms with Crippen LogP contribution in [-0.2, 0) is 9.47 Å². The highest BCUT2D eigenvalue weighted by atomic mass is 31.0. The lowest BCUT2D eigenvalue weighted by molar-refractivity contribution is 0.251. The average Bonchev–Trinajstić information content (AvgIpc) is 3.28. The molecule has 0 aromatic heterocycles. The maximum Gasteiger partial charge on any atom is 0.129 e. The van der Waals surface area contributed by atoms with Crippen LogP contribution in [0.4, 0.5) is 0 Å². The van der Waals surface area contributed by atoms with E-state index in [0.29, 0.717) is 19.0 Å². The maximum absolute atomic E-state index is 5.61. The fourth-order valence-corrected chi connectivity index (χ4v) is 1.62. The number of benzene rings is 1. The van der Waals surface area contributed by atoms with Gasteiger partial charge in [-0.25, -0.2) is 0 Å². The Morgan fingerprint density at radius 1 is 0.944 bits per heavy atom. The van der Waals surface area contributed by atoms with Gasteiger partial charge < -0.3 is 23.5 Å². The molecule has 0 saturated carbocycles. The van der Waals surface area contributed by atoms with Crippen LogP contribution in [0.5, 0.6) is 17.2 Å². The molecule has 18 heavy (non-hydrogen) atoms. The van der Waals surface area contributed by atoms with E-state index in [-0.39, 0.29) is 12.2 Å². The summed E-state index contributed by atoms with van der Waals surface area (Å²) in [6, 6.07) is 5.48. The van der Waals surface area contributed by atoms with E-state index in [4.69, 9.17) is 23.5 Å². The SMILES string of the molecule is POc1cc(OCC2CO2)cc(OCC2CO2)c1. The van der Waals surface area contributed by atoms with E-state index in [0.717, 1.165) is 24.7 Å². The first-order chi connectivity index (χ1) is 8.83. The third-order valence-electron chi connectivity index (χ3n) is 2.67. The van der Waals surface area contributed by atoms with E-state index in [9.17, 15) is 0 Å². The van der Waals surface area contributed by atoms with Gasteiger partial charge in [-0.2, -0.15) is 0 Å². The zero-order chi connectivity index (χ0) is 12.4. The number of ether oxygens (including phenoxy) is 4. The van der Waals surface area contributed by atoms with E-state index < -0.39 is 0 Å². The monoisotopic (exact) mass is 270 g/mol.